The lowest BCUT2D eigenvalue weighted by Crippen LogP contribution is -2.52. The molecular weight excluding hydrogens is 264 g/mol. The first-order valence-corrected chi connectivity index (χ1v) is 8.65. The summed E-state index contributed by atoms with van der Waals surface area (Å²) in [5.74, 6) is 1.28. The summed E-state index contributed by atoms with van der Waals surface area (Å²) in [7, 11) is 1.77. The highest BCUT2D eigenvalue weighted by Crippen LogP contribution is 2.37. The standard InChI is InChI=1S/C17H36N2O2/c1-5-18-17(14-20)9-6-7-16(17)8-10-19(11-12-21-4)13-15(2)3/h15-16,18,20H,5-14H2,1-4H3. The Hall–Kier alpha value is -0.160. The fraction of sp³-hybridized carbons (Fsp3) is 1.00. The molecule has 0 saturated heterocycles. The van der Waals surface area contributed by atoms with Crippen molar-refractivity contribution < 1.29 is 9.84 Å². The van der Waals surface area contributed by atoms with Gasteiger partial charge in [-0.2, -0.15) is 0 Å². The largest absolute Gasteiger partial charge is 0.394 e. The van der Waals surface area contributed by atoms with Crippen molar-refractivity contribution in [3.05, 3.63) is 0 Å². The summed E-state index contributed by atoms with van der Waals surface area (Å²) in [6, 6.07) is 0. The van der Waals surface area contributed by atoms with E-state index in [0.717, 1.165) is 39.2 Å². The third kappa shape index (κ3) is 5.85. The van der Waals surface area contributed by atoms with E-state index in [4.69, 9.17) is 4.74 Å². The summed E-state index contributed by atoms with van der Waals surface area (Å²) in [6.07, 6.45) is 4.77. The van der Waals surface area contributed by atoms with Crippen LogP contribution >= 0.6 is 0 Å². The average molecular weight is 300 g/mol. The zero-order chi connectivity index (χ0) is 15.7. The van der Waals surface area contributed by atoms with Crippen molar-refractivity contribution in [2.24, 2.45) is 11.8 Å². The first kappa shape index (κ1) is 18.9. The number of aliphatic hydroxyl groups is 1. The quantitative estimate of drug-likeness (QED) is 0.613. The van der Waals surface area contributed by atoms with Crippen LogP contribution in [0.1, 0.15) is 46.5 Å². The van der Waals surface area contributed by atoms with E-state index in [1.807, 2.05) is 0 Å². The lowest BCUT2D eigenvalue weighted by Gasteiger charge is -2.36. The van der Waals surface area contributed by atoms with E-state index in [1.165, 1.54) is 19.3 Å². The number of hydrogen-bond donors (Lipinski definition) is 2. The van der Waals surface area contributed by atoms with Crippen LogP contribution in [0, 0.1) is 11.8 Å². The molecule has 0 aliphatic heterocycles. The van der Waals surface area contributed by atoms with Crippen molar-refractivity contribution in [3.8, 4) is 0 Å². The Bertz CT molecular complexity index is 274. The number of aliphatic hydroxyl groups excluding tert-OH is 1. The monoisotopic (exact) mass is 300 g/mol. The Balaban J connectivity index is 2.52. The average Bonchev–Trinajstić information content (AvgIpc) is 2.85. The van der Waals surface area contributed by atoms with E-state index in [9.17, 15) is 5.11 Å². The number of nitrogens with one attached hydrogen (secondary N) is 1. The molecule has 0 spiro atoms. The van der Waals surface area contributed by atoms with E-state index >= 15 is 0 Å². The van der Waals surface area contributed by atoms with E-state index < -0.39 is 0 Å². The van der Waals surface area contributed by atoms with Gasteiger partial charge in [0.05, 0.1) is 13.2 Å². The molecule has 126 valence electrons. The maximum atomic E-state index is 9.87. The van der Waals surface area contributed by atoms with Gasteiger partial charge < -0.3 is 20.1 Å². The van der Waals surface area contributed by atoms with E-state index in [1.54, 1.807) is 7.11 Å². The zero-order valence-corrected chi connectivity index (χ0v) is 14.5. The summed E-state index contributed by atoms with van der Waals surface area (Å²) in [5.41, 5.74) is -0.0283. The van der Waals surface area contributed by atoms with Gasteiger partial charge in [0.25, 0.3) is 0 Å². The van der Waals surface area contributed by atoms with Crippen LogP contribution < -0.4 is 5.32 Å². The molecule has 0 aromatic carbocycles. The van der Waals surface area contributed by atoms with Crippen molar-refractivity contribution in [1.29, 1.82) is 0 Å². The van der Waals surface area contributed by atoms with Gasteiger partial charge in [0.1, 0.15) is 0 Å². The molecule has 1 aliphatic carbocycles. The minimum atomic E-state index is -0.0283. The van der Waals surface area contributed by atoms with Crippen LogP contribution in [0.2, 0.25) is 0 Å². The van der Waals surface area contributed by atoms with Crippen LogP contribution in [0.5, 0.6) is 0 Å². The lowest BCUT2D eigenvalue weighted by atomic mass is 9.85. The normalized spacial score (nSPS) is 26.1. The number of hydrogen-bond acceptors (Lipinski definition) is 4. The molecular formula is C17H36N2O2. The number of ether oxygens (including phenoxy) is 1. The number of nitrogens with zero attached hydrogens (tertiary/aromatic N) is 1. The molecule has 4 nitrogen and oxygen atoms in total. The minimum absolute atomic E-state index is 0.0283. The second-order valence-electron chi connectivity index (χ2n) is 6.91. The van der Waals surface area contributed by atoms with Crippen molar-refractivity contribution >= 4 is 0 Å². The Morgan fingerprint density at radius 1 is 1.38 bits per heavy atom. The highest BCUT2D eigenvalue weighted by Gasteiger charge is 2.41. The highest BCUT2D eigenvalue weighted by atomic mass is 16.5. The zero-order valence-electron chi connectivity index (χ0n) is 14.5. The van der Waals surface area contributed by atoms with Gasteiger partial charge in [-0.1, -0.05) is 27.2 Å². The molecule has 1 fully saturated rings. The highest BCUT2D eigenvalue weighted by molar-refractivity contribution is 4.98. The Morgan fingerprint density at radius 2 is 2.14 bits per heavy atom. The van der Waals surface area contributed by atoms with E-state index in [-0.39, 0.29) is 12.1 Å². The topological polar surface area (TPSA) is 44.7 Å². The van der Waals surface area contributed by atoms with Crippen molar-refractivity contribution in [3.63, 3.8) is 0 Å². The fourth-order valence-electron chi connectivity index (χ4n) is 3.78. The molecule has 0 heterocycles. The van der Waals surface area contributed by atoms with Crippen LogP contribution in [0.3, 0.4) is 0 Å². The van der Waals surface area contributed by atoms with Crippen LogP contribution in [0.4, 0.5) is 0 Å². The molecule has 2 atom stereocenters. The molecule has 0 aromatic rings. The third-order valence-corrected chi connectivity index (χ3v) is 4.80. The number of likely N-dealkylation sites (N-methyl/N-ethyl adjacent to an activating group) is 1. The second kappa shape index (κ2) is 9.78. The Kier molecular flexibility index (Phi) is 8.79. The Morgan fingerprint density at radius 3 is 2.71 bits per heavy atom. The van der Waals surface area contributed by atoms with Gasteiger partial charge in [-0.05, 0) is 44.2 Å². The number of rotatable bonds is 11. The lowest BCUT2D eigenvalue weighted by molar-refractivity contribution is 0.101. The molecule has 0 radical (unpaired) electrons. The van der Waals surface area contributed by atoms with E-state index in [2.05, 4.69) is 31.0 Å². The minimum Gasteiger partial charge on any atom is -0.394 e. The smallest absolute Gasteiger partial charge is 0.0616 e. The molecule has 2 N–H and O–H groups in total. The second-order valence-corrected chi connectivity index (χ2v) is 6.91. The van der Waals surface area contributed by atoms with Crippen LogP contribution in [0.15, 0.2) is 0 Å². The summed E-state index contributed by atoms with van der Waals surface area (Å²) in [6.45, 7) is 11.9. The van der Waals surface area contributed by atoms with Crippen LogP contribution in [0.25, 0.3) is 0 Å². The van der Waals surface area contributed by atoms with E-state index in [0.29, 0.717) is 11.8 Å². The molecule has 2 unspecified atom stereocenters. The third-order valence-electron chi connectivity index (χ3n) is 4.80. The molecule has 1 rings (SSSR count). The summed E-state index contributed by atoms with van der Waals surface area (Å²) < 4.78 is 5.23. The van der Waals surface area contributed by atoms with Gasteiger partial charge in [0.2, 0.25) is 0 Å². The van der Waals surface area contributed by atoms with Gasteiger partial charge in [0.15, 0.2) is 0 Å². The van der Waals surface area contributed by atoms with Crippen LogP contribution in [-0.4, -0.2) is 62.0 Å². The summed E-state index contributed by atoms with van der Waals surface area (Å²) in [4.78, 5) is 2.51. The van der Waals surface area contributed by atoms with Crippen molar-refractivity contribution in [2.75, 3.05) is 46.5 Å². The molecule has 0 bridgehead atoms. The molecule has 1 saturated carbocycles. The maximum absolute atomic E-state index is 9.87. The molecule has 1 aliphatic rings. The van der Waals surface area contributed by atoms with Crippen molar-refractivity contribution in [2.45, 2.75) is 52.0 Å². The SMILES string of the molecule is CCNC1(CO)CCCC1CCN(CCOC)CC(C)C. The van der Waals surface area contributed by atoms with Crippen LogP contribution in [-0.2, 0) is 4.74 Å². The van der Waals surface area contributed by atoms with Gasteiger partial charge in [-0.3, -0.25) is 0 Å². The van der Waals surface area contributed by atoms with Gasteiger partial charge in [-0.25, -0.2) is 0 Å². The molecule has 0 amide bonds. The van der Waals surface area contributed by atoms with Gasteiger partial charge in [0, 0.05) is 25.7 Å². The summed E-state index contributed by atoms with van der Waals surface area (Å²) >= 11 is 0. The molecule has 21 heavy (non-hydrogen) atoms. The predicted octanol–water partition coefficient (Wildman–Crippen LogP) is 2.12. The Labute approximate surface area is 131 Å². The fourth-order valence-corrected chi connectivity index (χ4v) is 3.78. The predicted molar refractivity (Wildman–Crippen MR) is 88.6 cm³/mol. The van der Waals surface area contributed by atoms with Gasteiger partial charge >= 0.3 is 0 Å². The first-order chi connectivity index (χ1) is 10.1. The van der Waals surface area contributed by atoms with Crippen molar-refractivity contribution in [1.82, 2.24) is 10.2 Å². The maximum Gasteiger partial charge on any atom is 0.0616 e. The number of methoxy groups -OCH3 is 1. The molecule has 0 aromatic heterocycles. The summed E-state index contributed by atoms with van der Waals surface area (Å²) in [5, 5.41) is 13.4. The first-order valence-electron chi connectivity index (χ1n) is 8.65. The molecule has 4 heteroatoms. The van der Waals surface area contributed by atoms with Gasteiger partial charge in [-0.15, -0.1) is 0 Å².